The first-order chi connectivity index (χ1) is 9.70. The van der Waals surface area contributed by atoms with Crippen LogP contribution in [0.25, 0.3) is 22.1 Å². The lowest BCUT2D eigenvalue weighted by molar-refractivity contribution is 0.552. The standard InChI is InChI=1S/C17H13FO2/c1-2-13-16(11-6-5-7-12(18)10-11)14-8-3-4-9-15(14)20-17(13)19/h3-10H,2H2,1H3. The van der Waals surface area contributed by atoms with Crippen LogP contribution in [0.4, 0.5) is 4.39 Å². The number of para-hydroxylation sites is 1. The first-order valence-electron chi connectivity index (χ1n) is 6.51. The van der Waals surface area contributed by atoms with Crippen molar-refractivity contribution in [2.45, 2.75) is 13.3 Å². The molecule has 0 saturated heterocycles. The van der Waals surface area contributed by atoms with E-state index in [0.717, 1.165) is 10.9 Å². The summed E-state index contributed by atoms with van der Waals surface area (Å²) in [7, 11) is 0. The lowest BCUT2D eigenvalue weighted by atomic mass is 9.96. The van der Waals surface area contributed by atoms with Crippen molar-refractivity contribution in [3.8, 4) is 11.1 Å². The Hall–Kier alpha value is -2.42. The molecule has 0 atom stereocenters. The van der Waals surface area contributed by atoms with Crippen LogP contribution in [-0.4, -0.2) is 0 Å². The smallest absolute Gasteiger partial charge is 0.340 e. The molecule has 3 aromatic rings. The van der Waals surface area contributed by atoms with E-state index in [0.29, 0.717) is 23.1 Å². The normalized spacial score (nSPS) is 10.9. The molecule has 0 amide bonds. The molecule has 0 bridgehead atoms. The van der Waals surface area contributed by atoms with Gasteiger partial charge in [-0.3, -0.25) is 0 Å². The Morgan fingerprint density at radius 3 is 2.65 bits per heavy atom. The van der Waals surface area contributed by atoms with Crippen molar-refractivity contribution in [3.63, 3.8) is 0 Å². The van der Waals surface area contributed by atoms with E-state index in [1.54, 1.807) is 12.1 Å². The predicted molar refractivity (Wildman–Crippen MR) is 77.3 cm³/mol. The van der Waals surface area contributed by atoms with Gasteiger partial charge in [-0.15, -0.1) is 0 Å². The summed E-state index contributed by atoms with van der Waals surface area (Å²) in [6, 6.07) is 13.6. The van der Waals surface area contributed by atoms with Crippen molar-refractivity contribution in [1.29, 1.82) is 0 Å². The Bertz CT molecular complexity index is 834. The monoisotopic (exact) mass is 268 g/mol. The third kappa shape index (κ3) is 2.01. The van der Waals surface area contributed by atoms with Crippen molar-refractivity contribution >= 4 is 11.0 Å². The quantitative estimate of drug-likeness (QED) is 0.653. The third-order valence-corrected chi connectivity index (χ3v) is 3.37. The van der Waals surface area contributed by atoms with E-state index in [1.807, 2.05) is 31.2 Å². The Kier molecular flexibility index (Phi) is 3.11. The summed E-state index contributed by atoms with van der Waals surface area (Å²) in [5.74, 6) is -0.318. The van der Waals surface area contributed by atoms with Gasteiger partial charge in [0.2, 0.25) is 0 Å². The van der Waals surface area contributed by atoms with Crippen LogP contribution in [0.2, 0.25) is 0 Å². The summed E-state index contributed by atoms with van der Waals surface area (Å²) in [4.78, 5) is 12.1. The first-order valence-corrected chi connectivity index (χ1v) is 6.51. The minimum absolute atomic E-state index is 0.318. The van der Waals surface area contributed by atoms with Crippen LogP contribution in [0.3, 0.4) is 0 Å². The molecule has 1 aromatic heterocycles. The average Bonchev–Trinajstić information content (AvgIpc) is 2.45. The number of benzene rings is 2. The number of rotatable bonds is 2. The van der Waals surface area contributed by atoms with Gasteiger partial charge >= 0.3 is 5.63 Å². The molecule has 0 aliphatic rings. The van der Waals surface area contributed by atoms with Crippen molar-refractivity contribution < 1.29 is 8.81 Å². The molecule has 20 heavy (non-hydrogen) atoms. The average molecular weight is 268 g/mol. The highest BCUT2D eigenvalue weighted by molar-refractivity contribution is 5.94. The molecule has 1 heterocycles. The molecule has 0 radical (unpaired) electrons. The first kappa shape index (κ1) is 12.6. The molecule has 0 spiro atoms. The topological polar surface area (TPSA) is 30.2 Å². The van der Waals surface area contributed by atoms with Crippen LogP contribution in [0.5, 0.6) is 0 Å². The third-order valence-electron chi connectivity index (χ3n) is 3.37. The fourth-order valence-corrected chi connectivity index (χ4v) is 2.48. The van der Waals surface area contributed by atoms with Gasteiger partial charge in [0.25, 0.3) is 0 Å². The highest BCUT2D eigenvalue weighted by Crippen LogP contribution is 2.30. The summed E-state index contributed by atoms with van der Waals surface area (Å²) in [6.07, 6.45) is 0.541. The van der Waals surface area contributed by atoms with Crippen LogP contribution < -0.4 is 5.63 Å². The van der Waals surface area contributed by atoms with E-state index in [9.17, 15) is 9.18 Å². The molecular weight excluding hydrogens is 255 g/mol. The summed E-state index contributed by atoms with van der Waals surface area (Å²) in [5.41, 5.74) is 2.21. The lowest BCUT2D eigenvalue weighted by Crippen LogP contribution is -2.09. The molecule has 100 valence electrons. The van der Waals surface area contributed by atoms with Gasteiger partial charge in [-0.1, -0.05) is 37.3 Å². The number of hydrogen-bond acceptors (Lipinski definition) is 2. The molecule has 0 aliphatic carbocycles. The van der Waals surface area contributed by atoms with E-state index in [-0.39, 0.29) is 11.4 Å². The Morgan fingerprint density at radius 2 is 1.90 bits per heavy atom. The second kappa shape index (κ2) is 4.93. The summed E-state index contributed by atoms with van der Waals surface area (Å²) >= 11 is 0. The Labute approximate surface area is 115 Å². The van der Waals surface area contributed by atoms with Crippen LogP contribution in [0, 0.1) is 5.82 Å². The molecule has 0 saturated carbocycles. The maximum atomic E-state index is 13.5. The zero-order valence-corrected chi connectivity index (χ0v) is 11.0. The zero-order valence-electron chi connectivity index (χ0n) is 11.0. The van der Waals surface area contributed by atoms with Crippen LogP contribution in [-0.2, 0) is 6.42 Å². The minimum Gasteiger partial charge on any atom is -0.422 e. The van der Waals surface area contributed by atoms with E-state index in [1.165, 1.54) is 12.1 Å². The van der Waals surface area contributed by atoms with Gasteiger partial charge in [0.15, 0.2) is 0 Å². The molecular formula is C17H13FO2. The predicted octanol–water partition coefficient (Wildman–Crippen LogP) is 4.16. The van der Waals surface area contributed by atoms with Crippen LogP contribution in [0.1, 0.15) is 12.5 Å². The van der Waals surface area contributed by atoms with Gasteiger partial charge in [0.05, 0.1) is 0 Å². The van der Waals surface area contributed by atoms with Gasteiger partial charge in [-0.2, -0.15) is 0 Å². The number of halogens is 1. The highest BCUT2D eigenvalue weighted by Gasteiger charge is 2.14. The summed E-state index contributed by atoms with van der Waals surface area (Å²) in [6.45, 7) is 1.89. The Morgan fingerprint density at radius 1 is 1.10 bits per heavy atom. The van der Waals surface area contributed by atoms with E-state index in [4.69, 9.17) is 4.42 Å². The second-order valence-corrected chi connectivity index (χ2v) is 4.60. The molecule has 3 rings (SSSR count). The summed E-state index contributed by atoms with van der Waals surface area (Å²) < 4.78 is 18.8. The molecule has 0 unspecified atom stereocenters. The number of fused-ring (bicyclic) bond motifs is 1. The molecule has 2 aromatic carbocycles. The van der Waals surface area contributed by atoms with Gasteiger partial charge in [-0.25, -0.2) is 9.18 Å². The van der Waals surface area contributed by atoms with Crippen molar-refractivity contribution in [3.05, 3.63) is 70.3 Å². The maximum Gasteiger partial charge on any atom is 0.340 e. The van der Waals surface area contributed by atoms with Gasteiger partial charge in [0, 0.05) is 16.5 Å². The van der Waals surface area contributed by atoms with Crippen LogP contribution >= 0.6 is 0 Å². The largest absolute Gasteiger partial charge is 0.422 e. The van der Waals surface area contributed by atoms with E-state index in [2.05, 4.69) is 0 Å². The molecule has 3 heteroatoms. The Balaban J connectivity index is 2.46. The molecule has 0 N–H and O–H groups in total. The van der Waals surface area contributed by atoms with Gasteiger partial charge < -0.3 is 4.42 Å². The summed E-state index contributed by atoms with van der Waals surface area (Å²) in [5, 5.41) is 0.828. The number of hydrogen-bond donors (Lipinski definition) is 0. The lowest BCUT2D eigenvalue weighted by Gasteiger charge is -2.10. The highest BCUT2D eigenvalue weighted by atomic mass is 19.1. The second-order valence-electron chi connectivity index (χ2n) is 4.60. The molecule has 2 nitrogen and oxygen atoms in total. The molecule has 0 fully saturated rings. The zero-order chi connectivity index (χ0) is 14.1. The minimum atomic E-state index is -0.356. The van der Waals surface area contributed by atoms with Crippen molar-refractivity contribution in [2.75, 3.05) is 0 Å². The van der Waals surface area contributed by atoms with E-state index >= 15 is 0 Å². The van der Waals surface area contributed by atoms with Crippen molar-refractivity contribution in [1.82, 2.24) is 0 Å². The van der Waals surface area contributed by atoms with Crippen LogP contribution in [0.15, 0.2) is 57.7 Å². The fourth-order valence-electron chi connectivity index (χ4n) is 2.48. The van der Waals surface area contributed by atoms with Gasteiger partial charge in [0.1, 0.15) is 11.4 Å². The molecule has 0 aliphatic heterocycles. The maximum absolute atomic E-state index is 13.5. The SMILES string of the molecule is CCc1c(-c2cccc(F)c2)c2ccccc2oc1=O. The van der Waals surface area contributed by atoms with E-state index < -0.39 is 0 Å². The van der Waals surface area contributed by atoms with Crippen molar-refractivity contribution in [2.24, 2.45) is 0 Å². The van der Waals surface area contributed by atoms with Gasteiger partial charge in [-0.05, 0) is 30.2 Å². The fraction of sp³-hybridized carbons (Fsp3) is 0.118.